The summed E-state index contributed by atoms with van der Waals surface area (Å²) in [5.74, 6) is 0. The Morgan fingerprint density at radius 1 is 0.240 bits per heavy atom. The molecule has 20 rings (SSSR count). The van der Waals surface area contributed by atoms with Gasteiger partial charge < -0.3 is 23.2 Å². The summed E-state index contributed by atoms with van der Waals surface area (Å²) in [5, 5.41) is 6.79. The Kier molecular flexibility index (Phi) is 12.1. The molecule has 2 aliphatic rings. The molecule has 0 unspecified atom stereocenters. The normalized spacial score (nSPS) is 12.5. The molecule has 0 N–H and O–H groups in total. The molecular formula is C90H56BN3O2. The molecule has 0 spiro atoms. The summed E-state index contributed by atoms with van der Waals surface area (Å²) in [6.07, 6.45) is 0. The fraction of sp³-hybridized carbons (Fsp3) is 0. The van der Waals surface area contributed by atoms with E-state index in [1.807, 2.05) is 6.07 Å². The van der Waals surface area contributed by atoms with Crippen molar-refractivity contribution in [3.8, 4) is 72.4 Å². The van der Waals surface area contributed by atoms with Gasteiger partial charge in [0.2, 0.25) is 0 Å². The molecule has 2 aliphatic heterocycles. The summed E-state index contributed by atoms with van der Waals surface area (Å²) in [5.41, 5.74) is 30.2. The summed E-state index contributed by atoms with van der Waals surface area (Å²) in [6.45, 7) is -0.292. The van der Waals surface area contributed by atoms with E-state index >= 15 is 0 Å². The molecule has 0 bridgehead atoms. The molecule has 96 heavy (non-hydrogen) atoms. The fourth-order valence-electron chi connectivity index (χ4n) is 16.0. The van der Waals surface area contributed by atoms with Gasteiger partial charge in [0.05, 0.1) is 28.1 Å². The van der Waals surface area contributed by atoms with Gasteiger partial charge in [-0.25, -0.2) is 0 Å². The van der Waals surface area contributed by atoms with E-state index in [9.17, 15) is 0 Å². The number of fused-ring (bicyclic) bond motifs is 13. The lowest BCUT2D eigenvalue weighted by atomic mass is 9.33. The number of benzene rings is 15. The zero-order chi connectivity index (χ0) is 63.0. The van der Waals surface area contributed by atoms with Crippen molar-refractivity contribution in [3.63, 3.8) is 0 Å². The first-order chi connectivity index (χ1) is 47.6. The van der Waals surface area contributed by atoms with Gasteiger partial charge in [-0.05, 0) is 128 Å². The SMILES string of the molecule is c1ccc(-c2cccc(-c3ccccc3)c2N2c3ccc(-c4cccc5oc6ccccc6c45)cc3B3c4ccc(-c5ccc6c(c5)oc5ccccc56)cc4N(c4c(-c5ccccc5)cccc4-c4ccccc4)c4cc(-n5c6ccccc6c6ccccc65)cc2c43)cc1. The molecule has 0 amide bonds. The zero-order valence-corrected chi connectivity index (χ0v) is 52.1. The molecule has 0 radical (unpaired) electrons. The van der Waals surface area contributed by atoms with Crippen molar-refractivity contribution in [2.24, 2.45) is 0 Å². The lowest BCUT2D eigenvalue weighted by Crippen LogP contribution is -2.61. The molecule has 3 aromatic heterocycles. The van der Waals surface area contributed by atoms with Crippen LogP contribution in [0.5, 0.6) is 0 Å². The van der Waals surface area contributed by atoms with Crippen LogP contribution in [0.2, 0.25) is 0 Å². The molecule has 446 valence electrons. The maximum atomic E-state index is 6.69. The van der Waals surface area contributed by atoms with E-state index in [2.05, 4.69) is 348 Å². The van der Waals surface area contributed by atoms with Crippen LogP contribution in [0.3, 0.4) is 0 Å². The van der Waals surface area contributed by atoms with E-state index in [4.69, 9.17) is 8.83 Å². The Bertz CT molecular complexity index is 6000. The summed E-state index contributed by atoms with van der Waals surface area (Å²) >= 11 is 0. The second-order valence-corrected chi connectivity index (χ2v) is 25.4. The highest BCUT2D eigenvalue weighted by atomic mass is 16.3. The Balaban J connectivity index is 0.970. The number of hydrogen-bond acceptors (Lipinski definition) is 4. The largest absolute Gasteiger partial charge is 0.456 e. The number of para-hydroxylation sites is 6. The van der Waals surface area contributed by atoms with E-state index in [-0.39, 0.29) is 6.71 Å². The van der Waals surface area contributed by atoms with E-state index in [1.165, 1.54) is 27.2 Å². The van der Waals surface area contributed by atoms with E-state index in [1.54, 1.807) is 0 Å². The quantitative estimate of drug-likeness (QED) is 0.135. The van der Waals surface area contributed by atoms with E-state index < -0.39 is 0 Å². The standard InChI is InChI=1S/C90H56BN3O2/c1-5-24-57(25-6-1)66-37-21-38-67(58-26-7-2-8-27-58)89(66)93-79-51-48-63(65-36-23-45-85-87(65)74-35-16-20-44-84(74)95-85)52-76(79)91-75-50-47-61(62-46-49-73-72-34-15-19-43-83(72)96-86(73)54-62)53-80(75)94(90-68(59-28-9-3-10-29-59)39-22-40-69(90)60-30-11-4-12-31-60)82-56-64(55-81(93)88(82)91)92-77-41-17-13-32-70(77)71-33-14-18-42-78(71)92/h1-56H. The van der Waals surface area contributed by atoms with Crippen LogP contribution in [0.1, 0.15) is 0 Å². The summed E-state index contributed by atoms with van der Waals surface area (Å²) in [4.78, 5) is 5.30. The summed E-state index contributed by atoms with van der Waals surface area (Å²) < 4.78 is 15.9. The van der Waals surface area contributed by atoms with Gasteiger partial charge in [-0.2, -0.15) is 0 Å². The van der Waals surface area contributed by atoms with Crippen LogP contribution in [0.25, 0.3) is 138 Å². The molecule has 0 saturated carbocycles. The third kappa shape index (κ3) is 8.25. The molecule has 15 aromatic carbocycles. The number of furan rings is 2. The molecule has 0 saturated heterocycles. The average Bonchev–Trinajstić information content (AvgIpc) is 0.823. The third-order valence-electron chi connectivity index (χ3n) is 20.2. The number of rotatable bonds is 9. The van der Waals surface area contributed by atoms with Crippen molar-refractivity contribution < 1.29 is 8.83 Å². The van der Waals surface area contributed by atoms with Gasteiger partial charge in [-0.3, -0.25) is 0 Å². The second kappa shape index (κ2) is 21.5. The topological polar surface area (TPSA) is 37.7 Å². The molecule has 5 heterocycles. The molecule has 18 aromatic rings. The summed E-state index contributed by atoms with van der Waals surface area (Å²) in [7, 11) is 0. The van der Waals surface area contributed by atoms with Gasteiger partial charge in [-0.15, -0.1) is 0 Å². The van der Waals surface area contributed by atoms with Crippen LogP contribution >= 0.6 is 0 Å². The molecule has 0 fully saturated rings. The van der Waals surface area contributed by atoms with Crippen LogP contribution in [0.4, 0.5) is 34.1 Å². The van der Waals surface area contributed by atoms with Crippen molar-refractivity contribution in [2.45, 2.75) is 0 Å². The second-order valence-electron chi connectivity index (χ2n) is 25.4. The molecule has 5 nitrogen and oxygen atoms in total. The first-order valence-electron chi connectivity index (χ1n) is 33.0. The third-order valence-corrected chi connectivity index (χ3v) is 20.2. The predicted molar refractivity (Wildman–Crippen MR) is 402 cm³/mol. The van der Waals surface area contributed by atoms with Crippen molar-refractivity contribution in [1.29, 1.82) is 0 Å². The van der Waals surface area contributed by atoms with Crippen molar-refractivity contribution in [1.82, 2.24) is 4.57 Å². The minimum atomic E-state index is -0.292. The van der Waals surface area contributed by atoms with Gasteiger partial charge in [0.25, 0.3) is 6.71 Å². The van der Waals surface area contributed by atoms with Gasteiger partial charge in [0, 0.05) is 77.3 Å². The fourth-order valence-corrected chi connectivity index (χ4v) is 16.0. The number of hydrogen-bond donors (Lipinski definition) is 0. The number of nitrogens with zero attached hydrogens (tertiary/aromatic N) is 3. The highest BCUT2D eigenvalue weighted by Gasteiger charge is 2.46. The highest BCUT2D eigenvalue weighted by molar-refractivity contribution is 7.00. The van der Waals surface area contributed by atoms with Gasteiger partial charge >= 0.3 is 0 Å². The van der Waals surface area contributed by atoms with Gasteiger partial charge in [-0.1, -0.05) is 273 Å². The smallest absolute Gasteiger partial charge is 0.252 e. The minimum Gasteiger partial charge on any atom is -0.456 e. The van der Waals surface area contributed by atoms with Crippen molar-refractivity contribution in [3.05, 3.63) is 340 Å². The zero-order valence-electron chi connectivity index (χ0n) is 52.1. The van der Waals surface area contributed by atoms with E-state index in [0.717, 1.165) is 161 Å². The maximum absolute atomic E-state index is 6.69. The Morgan fingerprint density at radius 3 is 1.25 bits per heavy atom. The monoisotopic (exact) mass is 1220 g/mol. The van der Waals surface area contributed by atoms with E-state index in [0.29, 0.717) is 0 Å². The first-order valence-corrected chi connectivity index (χ1v) is 33.0. The molecule has 0 atom stereocenters. The number of anilines is 6. The Morgan fingerprint density at radius 2 is 0.667 bits per heavy atom. The lowest BCUT2D eigenvalue weighted by molar-refractivity contribution is 0.668. The lowest BCUT2D eigenvalue weighted by Gasteiger charge is -2.46. The molecule has 6 heteroatoms. The average molecular weight is 1220 g/mol. The maximum Gasteiger partial charge on any atom is 0.252 e. The molecule has 0 aliphatic carbocycles. The Labute approximate surface area is 554 Å². The molecular weight excluding hydrogens is 1170 g/mol. The van der Waals surface area contributed by atoms with Crippen LogP contribution in [-0.2, 0) is 0 Å². The van der Waals surface area contributed by atoms with Crippen LogP contribution < -0.4 is 26.2 Å². The highest BCUT2D eigenvalue weighted by Crippen LogP contribution is 2.54. The Hall–Kier alpha value is -12.6. The van der Waals surface area contributed by atoms with Crippen LogP contribution in [-0.4, -0.2) is 11.3 Å². The predicted octanol–water partition coefficient (Wildman–Crippen LogP) is 22.7. The summed E-state index contributed by atoms with van der Waals surface area (Å²) in [6, 6.07) is 125. The first kappa shape index (κ1) is 54.0. The van der Waals surface area contributed by atoms with Crippen molar-refractivity contribution >= 4 is 123 Å². The van der Waals surface area contributed by atoms with Crippen LogP contribution in [0.15, 0.2) is 349 Å². The van der Waals surface area contributed by atoms with Crippen molar-refractivity contribution in [2.75, 3.05) is 9.80 Å². The minimum absolute atomic E-state index is 0.292. The van der Waals surface area contributed by atoms with Gasteiger partial charge in [0.1, 0.15) is 22.3 Å². The number of aromatic nitrogens is 1. The van der Waals surface area contributed by atoms with Gasteiger partial charge in [0.15, 0.2) is 0 Å². The van der Waals surface area contributed by atoms with Crippen LogP contribution in [0, 0.1) is 0 Å².